The monoisotopic (exact) mass is 556 g/mol. The summed E-state index contributed by atoms with van der Waals surface area (Å²) in [6, 6.07) is 11.4. The third-order valence-corrected chi connectivity index (χ3v) is 7.54. The molecule has 4 rings (SSSR count). The van der Waals surface area contributed by atoms with Crippen LogP contribution in [-0.4, -0.2) is 55.3 Å². The molecule has 2 fully saturated rings. The van der Waals surface area contributed by atoms with Crippen LogP contribution in [0.15, 0.2) is 42.5 Å². The Labute approximate surface area is 228 Å². The Morgan fingerprint density at radius 2 is 1.82 bits per heavy atom. The van der Waals surface area contributed by atoms with E-state index in [-0.39, 0.29) is 23.9 Å². The molecule has 1 saturated carbocycles. The molecule has 4 atom stereocenters. The average molecular weight is 557 g/mol. The number of nitrogens with one attached hydrogen (secondary N) is 2. The Morgan fingerprint density at radius 1 is 1.15 bits per heavy atom. The van der Waals surface area contributed by atoms with E-state index in [0.29, 0.717) is 16.8 Å². The van der Waals surface area contributed by atoms with Crippen molar-refractivity contribution < 1.29 is 27.1 Å². The summed E-state index contributed by atoms with van der Waals surface area (Å²) < 4.78 is 45.7. The zero-order valence-electron chi connectivity index (χ0n) is 22.4. The van der Waals surface area contributed by atoms with E-state index in [1.807, 2.05) is 6.07 Å². The lowest BCUT2D eigenvalue weighted by atomic mass is 9.97. The third kappa shape index (κ3) is 6.87. The molecule has 2 aromatic carbocycles. The molecule has 1 saturated heterocycles. The van der Waals surface area contributed by atoms with Crippen LogP contribution >= 0.6 is 0 Å². The molecule has 1 aliphatic carbocycles. The number of benzene rings is 2. The summed E-state index contributed by atoms with van der Waals surface area (Å²) in [6.45, 7) is 5.31. The molecular formula is C28H33FN4O5S. The Kier molecular flexibility index (Phi) is 7.89. The number of likely N-dealkylation sites (tertiary alicyclic amines) is 1. The number of halogens is 1. The van der Waals surface area contributed by atoms with Crippen LogP contribution in [0.3, 0.4) is 0 Å². The Morgan fingerprint density at radius 3 is 2.41 bits per heavy atom. The van der Waals surface area contributed by atoms with Gasteiger partial charge in [-0.1, -0.05) is 24.3 Å². The molecule has 2 aromatic rings. The Hall–Kier alpha value is -3.65. The highest BCUT2D eigenvalue weighted by atomic mass is 32.2. The van der Waals surface area contributed by atoms with Crippen LogP contribution in [0.5, 0.6) is 0 Å². The summed E-state index contributed by atoms with van der Waals surface area (Å²) in [6.07, 6.45) is 2.82. The van der Waals surface area contributed by atoms with Crippen LogP contribution in [0.4, 0.5) is 14.9 Å². The van der Waals surface area contributed by atoms with Gasteiger partial charge in [-0.05, 0) is 80.8 Å². The van der Waals surface area contributed by atoms with Gasteiger partial charge in [0.1, 0.15) is 23.5 Å². The van der Waals surface area contributed by atoms with Gasteiger partial charge in [-0.25, -0.2) is 17.6 Å². The number of carbonyl (C=O) groups is 2. The molecule has 2 amide bonds. The Bertz CT molecular complexity index is 1400. The van der Waals surface area contributed by atoms with Crippen molar-refractivity contribution in [2.45, 2.75) is 70.2 Å². The van der Waals surface area contributed by atoms with Crippen molar-refractivity contribution in [1.29, 1.82) is 5.26 Å². The number of fused-ring (bicyclic) bond motifs is 2. The van der Waals surface area contributed by atoms with Crippen LogP contribution in [-0.2, 0) is 26.0 Å². The molecule has 39 heavy (non-hydrogen) atoms. The zero-order chi connectivity index (χ0) is 28.5. The predicted molar refractivity (Wildman–Crippen MR) is 145 cm³/mol. The first-order valence-electron chi connectivity index (χ1n) is 12.8. The van der Waals surface area contributed by atoms with Gasteiger partial charge in [-0.2, -0.15) is 5.26 Å². The summed E-state index contributed by atoms with van der Waals surface area (Å²) in [4.78, 5) is 27.6. The fourth-order valence-electron chi connectivity index (χ4n) is 5.35. The fourth-order valence-corrected chi connectivity index (χ4v) is 5.91. The molecule has 4 unspecified atom stereocenters. The minimum atomic E-state index is -3.40. The molecule has 9 nitrogen and oxygen atoms in total. The van der Waals surface area contributed by atoms with Crippen LogP contribution in [0.2, 0.25) is 0 Å². The largest absolute Gasteiger partial charge is 0.444 e. The molecule has 1 heterocycles. The number of amides is 2. The number of carbonyl (C=O) groups excluding carboxylic acids is 2. The second-order valence-electron chi connectivity index (χ2n) is 11.2. The van der Waals surface area contributed by atoms with E-state index in [9.17, 15) is 23.3 Å². The number of sulfonamides is 1. The van der Waals surface area contributed by atoms with Gasteiger partial charge < -0.3 is 10.1 Å². The lowest BCUT2D eigenvalue weighted by Gasteiger charge is -2.35. The molecule has 0 spiro atoms. The van der Waals surface area contributed by atoms with Crippen LogP contribution in [0.1, 0.15) is 45.6 Å². The predicted octanol–water partition coefficient (Wildman–Crippen LogP) is 4.20. The van der Waals surface area contributed by atoms with Crippen molar-refractivity contribution in [1.82, 2.24) is 10.2 Å². The highest BCUT2D eigenvalue weighted by Gasteiger charge is 2.52. The molecule has 2 bridgehead atoms. The van der Waals surface area contributed by atoms with Gasteiger partial charge in [0, 0.05) is 18.2 Å². The van der Waals surface area contributed by atoms with Gasteiger partial charge in [0.25, 0.3) is 0 Å². The standard InChI is InChI=1S/C28H33FN4O5S/c1-28(2,3)38-27(35)33-23-12-9-20(14-23)25(33)26(34)31-22(16-30)13-19-6-5-18(15-24(19)29)17-7-10-21(11-8-17)32-39(4,36)37/h5-8,10-11,15,20,22-23,25,32H,9,12-14H2,1-4H3,(H,31,34). The average Bonchev–Trinajstić information content (AvgIpc) is 3.45. The van der Waals surface area contributed by atoms with Gasteiger partial charge in [-0.3, -0.25) is 14.4 Å². The van der Waals surface area contributed by atoms with Gasteiger partial charge in [0.2, 0.25) is 15.9 Å². The topological polar surface area (TPSA) is 129 Å². The zero-order valence-corrected chi connectivity index (χ0v) is 23.2. The van der Waals surface area contributed by atoms with Gasteiger partial charge in [0.15, 0.2) is 0 Å². The lowest BCUT2D eigenvalue weighted by Crippen LogP contribution is -2.55. The van der Waals surface area contributed by atoms with E-state index in [1.165, 1.54) is 11.0 Å². The number of rotatable bonds is 7. The van der Waals surface area contributed by atoms with E-state index in [0.717, 1.165) is 25.5 Å². The maximum absolute atomic E-state index is 15.0. The van der Waals surface area contributed by atoms with Gasteiger partial charge in [0.05, 0.1) is 12.3 Å². The third-order valence-electron chi connectivity index (χ3n) is 6.93. The molecule has 11 heteroatoms. The van der Waals surface area contributed by atoms with Crippen LogP contribution in [0, 0.1) is 23.1 Å². The van der Waals surface area contributed by atoms with E-state index in [4.69, 9.17) is 4.74 Å². The summed E-state index contributed by atoms with van der Waals surface area (Å²) >= 11 is 0. The van der Waals surface area contributed by atoms with Crippen molar-refractivity contribution in [3.63, 3.8) is 0 Å². The van der Waals surface area contributed by atoms with Gasteiger partial charge in [-0.15, -0.1) is 0 Å². The SMILES string of the molecule is CC(C)(C)OC(=O)N1C2CCC(C2)C1C(=O)NC(C#N)Cc1ccc(-c2ccc(NS(C)(=O)=O)cc2)cc1F. The summed E-state index contributed by atoms with van der Waals surface area (Å²) in [5.74, 6) is -0.966. The highest BCUT2D eigenvalue weighted by molar-refractivity contribution is 7.92. The molecule has 0 radical (unpaired) electrons. The van der Waals surface area contributed by atoms with E-state index < -0.39 is 45.5 Å². The van der Waals surface area contributed by atoms with Crippen LogP contribution in [0.25, 0.3) is 11.1 Å². The molecule has 2 aliphatic rings. The second kappa shape index (κ2) is 10.8. The van der Waals surface area contributed by atoms with E-state index in [2.05, 4.69) is 10.0 Å². The van der Waals surface area contributed by atoms with Crippen molar-refractivity contribution >= 4 is 27.7 Å². The summed E-state index contributed by atoms with van der Waals surface area (Å²) in [5, 5.41) is 12.4. The smallest absolute Gasteiger partial charge is 0.411 e. The fraction of sp³-hybridized carbons (Fsp3) is 0.464. The summed E-state index contributed by atoms with van der Waals surface area (Å²) in [7, 11) is -3.40. The summed E-state index contributed by atoms with van der Waals surface area (Å²) in [5.41, 5.74) is 1.22. The minimum absolute atomic E-state index is 0.00287. The number of hydrogen-bond donors (Lipinski definition) is 2. The molecule has 1 aliphatic heterocycles. The van der Waals surface area contributed by atoms with Gasteiger partial charge >= 0.3 is 6.09 Å². The highest BCUT2D eigenvalue weighted by Crippen LogP contribution is 2.43. The number of ether oxygens (including phenoxy) is 1. The van der Waals surface area contributed by atoms with E-state index >= 15 is 4.39 Å². The van der Waals surface area contributed by atoms with Crippen molar-refractivity contribution in [3.05, 3.63) is 53.8 Å². The normalized spacial score (nSPS) is 21.2. The quantitative estimate of drug-likeness (QED) is 0.526. The lowest BCUT2D eigenvalue weighted by molar-refractivity contribution is -0.128. The first kappa shape index (κ1) is 28.4. The molecule has 2 N–H and O–H groups in total. The van der Waals surface area contributed by atoms with Crippen molar-refractivity contribution in [2.24, 2.45) is 5.92 Å². The number of nitriles is 1. The first-order chi connectivity index (χ1) is 18.2. The molecular weight excluding hydrogens is 523 g/mol. The second-order valence-corrected chi connectivity index (χ2v) is 13.0. The number of hydrogen-bond acceptors (Lipinski definition) is 6. The van der Waals surface area contributed by atoms with E-state index in [1.54, 1.807) is 57.2 Å². The first-order valence-corrected chi connectivity index (χ1v) is 14.7. The van der Waals surface area contributed by atoms with Crippen molar-refractivity contribution in [2.75, 3.05) is 11.0 Å². The number of anilines is 1. The minimum Gasteiger partial charge on any atom is -0.444 e. The number of nitrogens with zero attached hydrogens (tertiary/aromatic N) is 2. The molecule has 0 aromatic heterocycles. The maximum Gasteiger partial charge on any atom is 0.411 e. The Balaban J connectivity index is 1.43. The number of piperidine rings is 1. The van der Waals surface area contributed by atoms with Crippen LogP contribution < -0.4 is 10.0 Å². The van der Waals surface area contributed by atoms with Crippen molar-refractivity contribution in [3.8, 4) is 17.2 Å². The maximum atomic E-state index is 15.0. The molecule has 208 valence electrons.